The number of hydrogen-bond acceptors (Lipinski definition) is 5. The number of anilines is 1. The van der Waals surface area contributed by atoms with Crippen molar-refractivity contribution < 1.29 is 13.2 Å². The zero-order chi connectivity index (χ0) is 20.3. The maximum Gasteiger partial charge on any atom is 0.240 e. The smallest absolute Gasteiger partial charge is 0.240 e. The van der Waals surface area contributed by atoms with Crippen molar-refractivity contribution in [2.24, 2.45) is 0 Å². The van der Waals surface area contributed by atoms with E-state index in [-0.39, 0.29) is 18.5 Å². The Labute approximate surface area is 171 Å². The number of nitrogens with zero attached hydrogens (tertiary/aromatic N) is 2. The predicted molar refractivity (Wildman–Crippen MR) is 114 cm³/mol. The van der Waals surface area contributed by atoms with Gasteiger partial charge in [-0.2, -0.15) is 0 Å². The van der Waals surface area contributed by atoms with Gasteiger partial charge in [-0.15, -0.1) is 11.3 Å². The molecule has 2 heterocycles. The lowest BCUT2D eigenvalue weighted by molar-refractivity contribution is -0.119. The molecule has 0 radical (unpaired) electrons. The zero-order valence-corrected chi connectivity index (χ0v) is 18.1. The average Bonchev–Trinajstić information content (AvgIpc) is 3.11. The molecule has 1 aliphatic rings. The van der Waals surface area contributed by atoms with E-state index < -0.39 is 10.0 Å². The topological polar surface area (TPSA) is 69.7 Å². The summed E-state index contributed by atoms with van der Waals surface area (Å²) >= 11 is 1.81. The maximum absolute atomic E-state index is 12.5. The first-order chi connectivity index (χ1) is 13.3. The van der Waals surface area contributed by atoms with Gasteiger partial charge in [0.1, 0.15) is 6.54 Å². The van der Waals surface area contributed by atoms with Crippen LogP contribution in [-0.4, -0.2) is 51.2 Å². The Balaban J connectivity index is 1.59. The molecular weight excluding hydrogens is 394 g/mol. The molecule has 1 aliphatic heterocycles. The lowest BCUT2D eigenvalue weighted by atomic mass is 10.1. The van der Waals surface area contributed by atoms with Crippen LogP contribution in [-0.2, 0) is 27.8 Å². The van der Waals surface area contributed by atoms with Crippen molar-refractivity contribution in [3.63, 3.8) is 0 Å². The van der Waals surface area contributed by atoms with Gasteiger partial charge in [-0.3, -0.25) is 14.0 Å². The van der Waals surface area contributed by atoms with Crippen LogP contribution in [0, 0.1) is 6.92 Å². The van der Waals surface area contributed by atoms with Gasteiger partial charge < -0.3 is 5.32 Å². The Morgan fingerprint density at radius 1 is 1.32 bits per heavy atom. The van der Waals surface area contributed by atoms with E-state index in [2.05, 4.69) is 28.6 Å². The summed E-state index contributed by atoms with van der Waals surface area (Å²) < 4.78 is 25.6. The van der Waals surface area contributed by atoms with Crippen molar-refractivity contribution in [1.82, 2.24) is 10.2 Å². The van der Waals surface area contributed by atoms with Gasteiger partial charge in [-0.25, -0.2) is 8.42 Å². The second kappa shape index (κ2) is 8.63. The summed E-state index contributed by atoms with van der Waals surface area (Å²) in [5.41, 5.74) is 2.72. The molecular formula is C20H27N3O3S2. The zero-order valence-electron chi connectivity index (χ0n) is 16.5. The molecule has 1 unspecified atom stereocenters. The minimum Gasteiger partial charge on any atom is -0.353 e. The van der Waals surface area contributed by atoms with E-state index in [1.54, 1.807) is 23.5 Å². The second-order valence-electron chi connectivity index (χ2n) is 7.30. The number of nitrogens with one attached hydrogen (secondary N) is 1. The van der Waals surface area contributed by atoms with Crippen molar-refractivity contribution in [3.8, 4) is 0 Å². The van der Waals surface area contributed by atoms with Gasteiger partial charge in [-0.1, -0.05) is 18.2 Å². The van der Waals surface area contributed by atoms with Gasteiger partial charge in [0.2, 0.25) is 15.9 Å². The van der Waals surface area contributed by atoms with Crippen LogP contribution < -0.4 is 9.62 Å². The van der Waals surface area contributed by atoms with Gasteiger partial charge in [-0.05, 0) is 48.9 Å². The van der Waals surface area contributed by atoms with E-state index >= 15 is 0 Å². The third-order valence-electron chi connectivity index (χ3n) is 5.13. The van der Waals surface area contributed by atoms with Crippen molar-refractivity contribution in [2.75, 3.05) is 30.2 Å². The predicted octanol–water partition coefficient (Wildman–Crippen LogP) is 2.39. The van der Waals surface area contributed by atoms with Crippen LogP contribution in [0.25, 0.3) is 0 Å². The first kappa shape index (κ1) is 20.8. The van der Waals surface area contributed by atoms with E-state index in [0.29, 0.717) is 12.2 Å². The number of thiophene rings is 1. The molecule has 0 spiro atoms. The van der Waals surface area contributed by atoms with Crippen molar-refractivity contribution in [2.45, 2.75) is 32.9 Å². The van der Waals surface area contributed by atoms with Crippen LogP contribution in [0.15, 0.2) is 35.7 Å². The Kier molecular flexibility index (Phi) is 6.42. The molecule has 3 rings (SSSR count). The highest BCUT2D eigenvalue weighted by molar-refractivity contribution is 7.92. The lowest BCUT2D eigenvalue weighted by Crippen LogP contribution is -2.47. The Hall–Kier alpha value is -1.90. The fourth-order valence-corrected chi connectivity index (χ4v) is 5.25. The lowest BCUT2D eigenvalue weighted by Gasteiger charge is -2.32. The number of aryl methyl sites for hydroxylation is 1. The number of para-hydroxylation sites is 1. The fraction of sp³-hybridized carbons (Fsp3) is 0.450. The summed E-state index contributed by atoms with van der Waals surface area (Å²) in [6.07, 6.45) is 2.17. The number of fused-ring (bicyclic) bond motifs is 1. The molecule has 0 aliphatic carbocycles. The fourth-order valence-electron chi connectivity index (χ4n) is 3.45. The van der Waals surface area contributed by atoms with E-state index in [1.165, 1.54) is 14.7 Å². The largest absolute Gasteiger partial charge is 0.353 e. The first-order valence-corrected chi connectivity index (χ1v) is 12.1. The number of sulfonamides is 1. The normalized spacial score (nSPS) is 15.7. The summed E-state index contributed by atoms with van der Waals surface area (Å²) in [5, 5.41) is 5.04. The molecule has 0 bridgehead atoms. The van der Waals surface area contributed by atoms with E-state index in [0.717, 1.165) is 31.3 Å². The molecule has 28 heavy (non-hydrogen) atoms. The summed E-state index contributed by atoms with van der Waals surface area (Å²) in [7, 11) is -3.56. The number of benzene rings is 1. The summed E-state index contributed by atoms with van der Waals surface area (Å²) in [6.45, 7) is 6.07. The van der Waals surface area contributed by atoms with Crippen LogP contribution in [0.4, 0.5) is 5.69 Å². The minimum atomic E-state index is -3.56. The van der Waals surface area contributed by atoms with Crippen molar-refractivity contribution >= 4 is 33.0 Å². The van der Waals surface area contributed by atoms with E-state index in [4.69, 9.17) is 0 Å². The third kappa shape index (κ3) is 4.92. The molecule has 0 saturated carbocycles. The highest BCUT2D eigenvalue weighted by Gasteiger charge is 2.24. The summed E-state index contributed by atoms with van der Waals surface area (Å²) in [4.78, 5) is 16.3. The Morgan fingerprint density at radius 3 is 2.79 bits per heavy atom. The third-order valence-corrected chi connectivity index (χ3v) is 7.28. The molecule has 0 saturated heterocycles. The van der Waals surface area contributed by atoms with Gasteiger partial charge in [0.05, 0.1) is 11.9 Å². The summed E-state index contributed by atoms with van der Waals surface area (Å²) in [5.74, 6) is -0.297. The number of carbonyl (C=O) groups is 1. The number of amides is 1. The highest BCUT2D eigenvalue weighted by atomic mass is 32.2. The molecule has 1 atom stereocenters. The molecule has 0 fully saturated rings. The SMILES string of the molecule is Cc1ccccc1N(CC(=O)NCC(C)N1CCc2sccc2C1)S(C)(=O)=O. The minimum absolute atomic E-state index is 0.183. The molecule has 1 amide bonds. The van der Waals surface area contributed by atoms with Crippen LogP contribution in [0.1, 0.15) is 22.9 Å². The van der Waals surface area contributed by atoms with Gasteiger partial charge in [0, 0.05) is 30.6 Å². The van der Waals surface area contributed by atoms with Crippen molar-refractivity contribution in [1.29, 1.82) is 0 Å². The maximum atomic E-state index is 12.5. The van der Waals surface area contributed by atoms with Crippen LogP contribution in [0.5, 0.6) is 0 Å². The number of hydrogen-bond donors (Lipinski definition) is 1. The van der Waals surface area contributed by atoms with Gasteiger partial charge in [0.25, 0.3) is 0 Å². The molecule has 1 aromatic heterocycles. The molecule has 8 heteroatoms. The molecule has 6 nitrogen and oxygen atoms in total. The Bertz CT molecular complexity index is 940. The van der Waals surface area contributed by atoms with E-state index in [1.807, 2.05) is 19.1 Å². The second-order valence-corrected chi connectivity index (χ2v) is 10.2. The van der Waals surface area contributed by atoms with E-state index in [9.17, 15) is 13.2 Å². The molecule has 1 N–H and O–H groups in total. The van der Waals surface area contributed by atoms with Crippen LogP contribution >= 0.6 is 11.3 Å². The molecule has 152 valence electrons. The van der Waals surface area contributed by atoms with Crippen LogP contribution in [0.3, 0.4) is 0 Å². The quantitative estimate of drug-likeness (QED) is 0.745. The standard InChI is InChI=1S/C20H27N3O3S2/c1-15-6-4-5-7-18(15)23(28(3,25)26)14-20(24)21-12-16(2)22-10-8-19-17(13-22)9-11-27-19/h4-7,9,11,16H,8,10,12-14H2,1-3H3,(H,21,24). The monoisotopic (exact) mass is 421 g/mol. The molecule has 2 aromatic rings. The number of rotatable bonds is 7. The van der Waals surface area contributed by atoms with Gasteiger partial charge in [0.15, 0.2) is 0 Å². The number of carbonyl (C=O) groups excluding carboxylic acids is 1. The Morgan fingerprint density at radius 2 is 2.07 bits per heavy atom. The van der Waals surface area contributed by atoms with Crippen LogP contribution in [0.2, 0.25) is 0 Å². The van der Waals surface area contributed by atoms with Gasteiger partial charge >= 0.3 is 0 Å². The first-order valence-electron chi connectivity index (χ1n) is 9.35. The average molecular weight is 422 g/mol. The summed E-state index contributed by atoms with van der Waals surface area (Å²) in [6, 6.07) is 9.53. The molecule has 1 aromatic carbocycles. The van der Waals surface area contributed by atoms with Crippen molar-refractivity contribution in [3.05, 3.63) is 51.7 Å². The highest BCUT2D eigenvalue weighted by Crippen LogP contribution is 2.25.